The second-order valence-electron chi connectivity index (χ2n) is 4.49. The number of hydrogen-bond acceptors (Lipinski definition) is 1. The second kappa shape index (κ2) is 6.64. The topological polar surface area (TPSA) is 12.0 Å². The summed E-state index contributed by atoms with van der Waals surface area (Å²) in [4.78, 5) is 0. The maximum Gasteiger partial charge on any atom is 0.416 e. The van der Waals surface area contributed by atoms with Crippen molar-refractivity contribution in [3.8, 4) is 0 Å². The third-order valence-electron chi connectivity index (χ3n) is 2.86. The maximum atomic E-state index is 13.2. The Hall–Kier alpha value is -1.31. The molecule has 1 atom stereocenters. The van der Waals surface area contributed by atoms with Crippen LogP contribution < -0.4 is 5.32 Å². The lowest BCUT2D eigenvalue weighted by Crippen LogP contribution is -2.26. The molecule has 0 aromatic heterocycles. The molecule has 0 heterocycles. The van der Waals surface area contributed by atoms with Crippen LogP contribution in [-0.2, 0) is 6.18 Å². The van der Waals surface area contributed by atoms with Crippen molar-refractivity contribution in [3.63, 3.8) is 0 Å². The molecule has 0 aliphatic heterocycles. The summed E-state index contributed by atoms with van der Waals surface area (Å²) in [6.07, 6.45) is -11.1. The third-order valence-corrected chi connectivity index (χ3v) is 2.86. The van der Waals surface area contributed by atoms with E-state index in [1.807, 2.05) is 0 Å². The number of nitrogens with one attached hydrogen (secondary N) is 1. The van der Waals surface area contributed by atoms with Gasteiger partial charge in [0, 0.05) is 12.5 Å². The highest BCUT2D eigenvalue weighted by molar-refractivity contribution is 5.33. The van der Waals surface area contributed by atoms with Gasteiger partial charge < -0.3 is 5.32 Å². The van der Waals surface area contributed by atoms with Crippen molar-refractivity contribution in [2.75, 3.05) is 6.54 Å². The van der Waals surface area contributed by atoms with Crippen LogP contribution in [0.4, 0.5) is 30.7 Å². The van der Waals surface area contributed by atoms with Crippen molar-refractivity contribution in [2.45, 2.75) is 38.2 Å². The maximum absolute atomic E-state index is 13.2. The molecule has 1 unspecified atom stereocenters. The third kappa shape index (κ3) is 5.53. The Kier molecular flexibility index (Phi) is 5.61. The molecule has 1 N–H and O–H groups in total. The largest absolute Gasteiger partial charge is 0.416 e. The summed E-state index contributed by atoms with van der Waals surface area (Å²) in [6.45, 7) is 1.71. The molecule has 0 aliphatic rings. The highest BCUT2D eigenvalue weighted by atomic mass is 19.4. The van der Waals surface area contributed by atoms with Gasteiger partial charge in [0.1, 0.15) is 5.82 Å². The Morgan fingerprint density at radius 3 is 2.19 bits per heavy atom. The average Bonchev–Trinajstić information content (AvgIpc) is 2.31. The van der Waals surface area contributed by atoms with Crippen molar-refractivity contribution in [1.82, 2.24) is 5.32 Å². The van der Waals surface area contributed by atoms with Crippen LogP contribution in [0.1, 0.15) is 36.9 Å². The molecule has 1 aromatic carbocycles. The van der Waals surface area contributed by atoms with E-state index < -0.39 is 48.2 Å². The van der Waals surface area contributed by atoms with Gasteiger partial charge in [0.25, 0.3) is 0 Å². The average molecular weight is 317 g/mol. The van der Waals surface area contributed by atoms with Gasteiger partial charge in [-0.15, -0.1) is 0 Å². The Morgan fingerprint density at radius 1 is 1.10 bits per heavy atom. The normalized spacial score (nSPS) is 14.3. The Bertz CT molecular complexity index is 465. The Balaban J connectivity index is 3.14. The number of hydrogen-bond donors (Lipinski definition) is 1. The molecule has 0 spiro atoms. The smallest absolute Gasteiger partial charge is 0.310 e. The van der Waals surface area contributed by atoms with Gasteiger partial charge in [-0.3, -0.25) is 0 Å². The van der Waals surface area contributed by atoms with E-state index in [4.69, 9.17) is 0 Å². The van der Waals surface area contributed by atoms with Crippen molar-refractivity contribution in [1.29, 1.82) is 0 Å². The minimum atomic E-state index is -4.76. The van der Waals surface area contributed by atoms with Crippen molar-refractivity contribution < 1.29 is 30.7 Å². The molecule has 1 rings (SSSR count). The van der Waals surface area contributed by atoms with E-state index in [1.54, 1.807) is 6.92 Å². The SMILES string of the molecule is CCNC(CCC(F)(F)F)c1cc(F)ccc1C(F)(F)F. The summed E-state index contributed by atoms with van der Waals surface area (Å²) >= 11 is 0. The molecular formula is C13H14F7N. The molecule has 0 aliphatic carbocycles. The first-order chi connectivity index (χ1) is 9.54. The minimum absolute atomic E-state index is 0.163. The zero-order chi connectivity index (χ0) is 16.3. The minimum Gasteiger partial charge on any atom is -0.310 e. The lowest BCUT2D eigenvalue weighted by Gasteiger charge is -2.23. The van der Waals surface area contributed by atoms with Gasteiger partial charge in [0.05, 0.1) is 5.56 Å². The molecular weight excluding hydrogens is 303 g/mol. The summed E-state index contributed by atoms with van der Waals surface area (Å²) in [5.74, 6) is -0.923. The van der Waals surface area contributed by atoms with Gasteiger partial charge in [-0.2, -0.15) is 26.3 Å². The second-order valence-corrected chi connectivity index (χ2v) is 4.49. The van der Waals surface area contributed by atoms with Crippen molar-refractivity contribution in [2.24, 2.45) is 0 Å². The van der Waals surface area contributed by atoms with E-state index in [2.05, 4.69) is 5.32 Å². The fraction of sp³-hybridized carbons (Fsp3) is 0.538. The van der Waals surface area contributed by atoms with Crippen LogP contribution >= 0.6 is 0 Å². The van der Waals surface area contributed by atoms with E-state index in [1.165, 1.54) is 0 Å². The van der Waals surface area contributed by atoms with Crippen LogP contribution in [-0.4, -0.2) is 12.7 Å². The quantitative estimate of drug-likeness (QED) is 0.767. The van der Waals surface area contributed by atoms with Crippen LogP contribution in [0.15, 0.2) is 18.2 Å². The van der Waals surface area contributed by atoms with Crippen LogP contribution in [0.3, 0.4) is 0 Å². The van der Waals surface area contributed by atoms with Crippen molar-refractivity contribution in [3.05, 3.63) is 35.1 Å². The van der Waals surface area contributed by atoms with Crippen molar-refractivity contribution >= 4 is 0 Å². The zero-order valence-electron chi connectivity index (χ0n) is 11.1. The van der Waals surface area contributed by atoms with Gasteiger partial charge in [-0.1, -0.05) is 6.92 Å². The first-order valence-electron chi connectivity index (χ1n) is 6.21. The molecule has 21 heavy (non-hydrogen) atoms. The summed E-state index contributed by atoms with van der Waals surface area (Å²) < 4.78 is 88.6. The molecule has 120 valence electrons. The zero-order valence-corrected chi connectivity index (χ0v) is 11.1. The van der Waals surface area contributed by atoms with Gasteiger partial charge in [0.15, 0.2) is 0 Å². The predicted molar refractivity (Wildman–Crippen MR) is 63.1 cm³/mol. The predicted octanol–water partition coefficient (Wildman–Crippen LogP) is 4.84. The highest BCUT2D eigenvalue weighted by Gasteiger charge is 2.36. The van der Waals surface area contributed by atoms with Crippen LogP contribution in [0, 0.1) is 5.82 Å². The van der Waals surface area contributed by atoms with Crippen LogP contribution in [0.25, 0.3) is 0 Å². The summed E-state index contributed by atoms with van der Waals surface area (Å²) in [6, 6.07) is 0.595. The number of halogens is 7. The van der Waals surface area contributed by atoms with E-state index in [-0.39, 0.29) is 6.54 Å². The summed E-state index contributed by atoms with van der Waals surface area (Å²) in [5.41, 5.74) is -1.63. The Labute approximate surface area is 117 Å². The van der Waals surface area contributed by atoms with Gasteiger partial charge >= 0.3 is 12.4 Å². The molecule has 1 aromatic rings. The summed E-state index contributed by atoms with van der Waals surface area (Å²) in [7, 11) is 0. The number of rotatable bonds is 5. The van der Waals surface area contributed by atoms with Gasteiger partial charge in [-0.05, 0) is 36.7 Å². The number of alkyl halides is 6. The number of benzene rings is 1. The molecule has 0 bridgehead atoms. The lowest BCUT2D eigenvalue weighted by atomic mass is 9.96. The van der Waals surface area contributed by atoms with E-state index in [0.717, 1.165) is 0 Å². The summed E-state index contributed by atoms with van der Waals surface area (Å²) in [5, 5.41) is 2.54. The lowest BCUT2D eigenvalue weighted by molar-refractivity contribution is -0.139. The first kappa shape index (κ1) is 17.7. The molecule has 0 radical (unpaired) electrons. The molecule has 0 fully saturated rings. The fourth-order valence-electron chi connectivity index (χ4n) is 2.00. The Morgan fingerprint density at radius 2 is 1.71 bits per heavy atom. The molecule has 1 nitrogen and oxygen atoms in total. The molecule has 0 saturated heterocycles. The van der Waals surface area contributed by atoms with E-state index >= 15 is 0 Å². The van der Waals surface area contributed by atoms with E-state index in [0.29, 0.717) is 18.2 Å². The molecule has 0 saturated carbocycles. The monoisotopic (exact) mass is 317 g/mol. The van der Waals surface area contributed by atoms with Gasteiger partial charge in [0.2, 0.25) is 0 Å². The van der Waals surface area contributed by atoms with Crippen LogP contribution in [0.5, 0.6) is 0 Å². The fourth-order valence-corrected chi connectivity index (χ4v) is 2.00. The highest BCUT2D eigenvalue weighted by Crippen LogP contribution is 2.37. The molecule has 0 amide bonds. The molecule has 8 heteroatoms. The van der Waals surface area contributed by atoms with Gasteiger partial charge in [-0.25, -0.2) is 4.39 Å². The first-order valence-corrected chi connectivity index (χ1v) is 6.21. The van der Waals surface area contributed by atoms with E-state index in [9.17, 15) is 30.7 Å². The standard InChI is InChI=1S/C13H14F7N/c1-2-21-11(5-6-12(15,16)17)9-7-8(14)3-4-10(9)13(18,19)20/h3-4,7,11,21H,2,5-6H2,1H3. The van der Waals surface area contributed by atoms with Crippen LogP contribution in [0.2, 0.25) is 0 Å².